The second-order valence-corrected chi connectivity index (χ2v) is 3.74. The molecule has 68 valence electrons. The summed E-state index contributed by atoms with van der Waals surface area (Å²) in [6, 6.07) is 0.616. The van der Waals surface area contributed by atoms with Crippen LogP contribution in [0.3, 0.4) is 0 Å². The Morgan fingerprint density at radius 2 is 2.17 bits per heavy atom. The zero-order chi connectivity index (χ0) is 9.14. The van der Waals surface area contributed by atoms with Crippen molar-refractivity contribution < 1.29 is 0 Å². The van der Waals surface area contributed by atoms with Crippen molar-refractivity contribution in [1.29, 1.82) is 0 Å². The van der Waals surface area contributed by atoms with Crippen molar-refractivity contribution >= 4 is 0 Å². The number of hydrogen-bond donors (Lipinski definition) is 0. The number of nitrogens with zero attached hydrogens (tertiary/aromatic N) is 1. The molecule has 1 aliphatic rings. The van der Waals surface area contributed by atoms with Crippen molar-refractivity contribution in [2.75, 3.05) is 14.1 Å². The number of hydrogen-bond acceptors (Lipinski definition) is 1. The summed E-state index contributed by atoms with van der Waals surface area (Å²) in [4.78, 5) is 2.27. The summed E-state index contributed by atoms with van der Waals surface area (Å²) in [5.74, 6) is 0.620. The van der Waals surface area contributed by atoms with Crippen LogP contribution in [0.15, 0.2) is 23.8 Å². The summed E-state index contributed by atoms with van der Waals surface area (Å²) >= 11 is 0. The molecule has 1 aliphatic carbocycles. The largest absolute Gasteiger partial charge is 0.306 e. The van der Waals surface area contributed by atoms with Gasteiger partial charge < -0.3 is 4.90 Å². The maximum absolute atomic E-state index is 2.38. The Bertz CT molecular complexity index is 201. The van der Waals surface area contributed by atoms with Crippen LogP contribution in [0.1, 0.15) is 20.3 Å². The van der Waals surface area contributed by atoms with E-state index in [0.717, 1.165) is 6.42 Å². The van der Waals surface area contributed by atoms with E-state index >= 15 is 0 Å². The van der Waals surface area contributed by atoms with Crippen LogP contribution in [0.5, 0.6) is 0 Å². The maximum Gasteiger partial charge on any atom is 0.0159 e. The molecule has 0 heterocycles. The smallest absolute Gasteiger partial charge is 0.0159 e. The van der Waals surface area contributed by atoms with Gasteiger partial charge in [0.2, 0.25) is 0 Å². The lowest BCUT2D eigenvalue weighted by Crippen LogP contribution is -2.29. The zero-order valence-corrected chi connectivity index (χ0v) is 8.54. The predicted molar refractivity (Wildman–Crippen MR) is 54.2 cm³/mol. The van der Waals surface area contributed by atoms with Crippen LogP contribution < -0.4 is 0 Å². The van der Waals surface area contributed by atoms with Gasteiger partial charge in [0.15, 0.2) is 0 Å². The topological polar surface area (TPSA) is 3.24 Å². The van der Waals surface area contributed by atoms with Crippen LogP contribution >= 0.6 is 0 Å². The van der Waals surface area contributed by atoms with Gasteiger partial charge in [-0.2, -0.15) is 0 Å². The molecular weight excluding hydrogens is 146 g/mol. The molecular formula is C11H19N. The molecule has 2 atom stereocenters. The minimum Gasteiger partial charge on any atom is -0.306 e. The van der Waals surface area contributed by atoms with Crippen molar-refractivity contribution in [2.45, 2.75) is 26.3 Å². The lowest BCUT2D eigenvalue weighted by atomic mass is 10.0. The first-order valence-corrected chi connectivity index (χ1v) is 4.70. The molecule has 0 radical (unpaired) electrons. The second-order valence-electron chi connectivity index (χ2n) is 3.74. The van der Waals surface area contributed by atoms with E-state index in [1.807, 2.05) is 0 Å². The van der Waals surface area contributed by atoms with E-state index in [0.29, 0.717) is 12.0 Å². The molecule has 0 N–H and O–H groups in total. The molecule has 0 aliphatic heterocycles. The van der Waals surface area contributed by atoms with Gasteiger partial charge in [-0.15, -0.1) is 0 Å². The van der Waals surface area contributed by atoms with Crippen molar-refractivity contribution in [3.05, 3.63) is 23.8 Å². The maximum atomic E-state index is 2.38. The minimum absolute atomic E-state index is 0.616. The first kappa shape index (κ1) is 9.53. The third-order valence-electron chi connectivity index (χ3n) is 2.72. The van der Waals surface area contributed by atoms with Gasteiger partial charge in [0.25, 0.3) is 0 Å². The molecule has 12 heavy (non-hydrogen) atoms. The molecule has 0 amide bonds. The Balaban J connectivity index is 2.58. The number of allylic oxidation sites excluding steroid dienone is 2. The van der Waals surface area contributed by atoms with E-state index in [2.05, 4.69) is 51.1 Å². The van der Waals surface area contributed by atoms with Gasteiger partial charge in [0, 0.05) is 12.0 Å². The van der Waals surface area contributed by atoms with E-state index < -0.39 is 0 Å². The highest BCUT2D eigenvalue weighted by Gasteiger charge is 2.17. The van der Waals surface area contributed by atoms with E-state index in [4.69, 9.17) is 0 Å². The monoisotopic (exact) mass is 165 g/mol. The van der Waals surface area contributed by atoms with Crippen molar-refractivity contribution in [2.24, 2.45) is 5.92 Å². The predicted octanol–water partition coefficient (Wildman–Crippen LogP) is 2.46. The molecule has 1 heteroatoms. The summed E-state index contributed by atoms with van der Waals surface area (Å²) in [7, 11) is 4.27. The molecule has 0 saturated heterocycles. The van der Waals surface area contributed by atoms with Crippen LogP contribution in [0.4, 0.5) is 0 Å². The Labute approximate surface area is 75.8 Å². The third kappa shape index (κ3) is 1.98. The fraction of sp³-hybridized carbons (Fsp3) is 0.636. The Morgan fingerprint density at radius 3 is 2.58 bits per heavy atom. The standard InChI is InChI=1S/C11H19N/c1-5-10-6-7-11(8-10)9(2)12(3)4/h6-9,11H,5H2,1-4H3/t9-,11?/m1/s1. The Morgan fingerprint density at radius 1 is 1.50 bits per heavy atom. The Hall–Kier alpha value is -0.560. The Kier molecular flexibility index (Phi) is 3.10. The lowest BCUT2D eigenvalue weighted by molar-refractivity contribution is 0.282. The molecule has 1 nitrogen and oxygen atoms in total. The normalized spacial score (nSPS) is 24.8. The molecule has 0 aromatic rings. The van der Waals surface area contributed by atoms with Crippen molar-refractivity contribution in [3.8, 4) is 0 Å². The van der Waals surface area contributed by atoms with Gasteiger partial charge in [-0.05, 0) is 27.4 Å². The van der Waals surface area contributed by atoms with Gasteiger partial charge in [-0.3, -0.25) is 0 Å². The van der Waals surface area contributed by atoms with Gasteiger partial charge >= 0.3 is 0 Å². The quantitative estimate of drug-likeness (QED) is 0.621. The lowest BCUT2D eigenvalue weighted by Gasteiger charge is -2.23. The molecule has 0 aromatic heterocycles. The van der Waals surface area contributed by atoms with Crippen molar-refractivity contribution in [3.63, 3.8) is 0 Å². The molecule has 0 aromatic carbocycles. The summed E-state index contributed by atoms with van der Waals surface area (Å²) in [5, 5.41) is 0. The second kappa shape index (κ2) is 3.90. The average Bonchev–Trinajstić information content (AvgIpc) is 2.50. The highest BCUT2D eigenvalue weighted by molar-refractivity contribution is 5.29. The van der Waals surface area contributed by atoms with Gasteiger partial charge in [-0.25, -0.2) is 0 Å². The van der Waals surface area contributed by atoms with E-state index in [-0.39, 0.29) is 0 Å². The molecule has 0 saturated carbocycles. The zero-order valence-electron chi connectivity index (χ0n) is 8.54. The fourth-order valence-electron chi connectivity index (χ4n) is 1.47. The third-order valence-corrected chi connectivity index (χ3v) is 2.72. The summed E-state index contributed by atoms with van der Waals surface area (Å²) in [6.07, 6.45) is 8.10. The molecule has 0 bridgehead atoms. The van der Waals surface area contributed by atoms with Gasteiger partial charge in [-0.1, -0.05) is 30.7 Å². The molecule has 1 unspecified atom stereocenters. The summed E-state index contributed by atoms with van der Waals surface area (Å²) in [6.45, 7) is 4.48. The minimum atomic E-state index is 0.616. The van der Waals surface area contributed by atoms with Crippen LogP contribution in [0.2, 0.25) is 0 Å². The summed E-state index contributed by atoms with van der Waals surface area (Å²) in [5.41, 5.74) is 1.48. The van der Waals surface area contributed by atoms with Crippen LogP contribution in [-0.4, -0.2) is 25.0 Å². The van der Waals surface area contributed by atoms with E-state index in [9.17, 15) is 0 Å². The fourth-order valence-corrected chi connectivity index (χ4v) is 1.47. The van der Waals surface area contributed by atoms with E-state index in [1.165, 1.54) is 5.57 Å². The van der Waals surface area contributed by atoms with Crippen LogP contribution in [0.25, 0.3) is 0 Å². The van der Waals surface area contributed by atoms with Crippen LogP contribution in [0, 0.1) is 5.92 Å². The van der Waals surface area contributed by atoms with Gasteiger partial charge in [0.1, 0.15) is 0 Å². The first-order valence-electron chi connectivity index (χ1n) is 4.70. The molecule has 0 spiro atoms. The SMILES string of the molecule is CCC1=CC([C@@H](C)N(C)C)C=C1. The number of rotatable bonds is 3. The first-order chi connectivity index (χ1) is 5.65. The van der Waals surface area contributed by atoms with E-state index in [1.54, 1.807) is 0 Å². The average molecular weight is 165 g/mol. The van der Waals surface area contributed by atoms with Crippen LogP contribution in [-0.2, 0) is 0 Å². The summed E-state index contributed by atoms with van der Waals surface area (Å²) < 4.78 is 0. The molecule has 0 fully saturated rings. The highest BCUT2D eigenvalue weighted by Crippen LogP contribution is 2.22. The molecule has 1 rings (SSSR count). The van der Waals surface area contributed by atoms with Crippen molar-refractivity contribution in [1.82, 2.24) is 4.90 Å². The highest BCUT2D eigenvalue weighted by atomic mass is 15.1. The van der Waals surface area contributed by atoms with Gasteiger partial charge in [0.05, 0.1) is 0 Å².